The van der Waals surface area contributed by atoms with E-state index < -0.39 is 5.79 Å². The van der Waals surface area contributed by atoms with Crippen LogP contribution in [0.1, 0.15) is 11.1 Å². The molecular formula is C10H8O3. The number of hydrogen-bond donors (Lipinski definition) is 2. The van der Waals surface area contributed by atoms with Crippen LogP contribution in [0.5, 0.6) is 5.75 Å². The molecule has 0 bridgehead atoms. The van der Waals surface area contributed by atoms with E-state index in [4.69, 9.17) is 4.74 Å². The predicted octanol–water partition coefficient (Wildman–Crippen LogP) is 0.963. The van der Waals surface area contributed by atoms with Gasteiger partial charge in [0.25, 0.3) is 0 Å². The monoisotopic (exact) mass is 176 g/mol. The van der Waals surface area contributed by atoms with Crippen molar-refractivity contribution < 1.29 is 14.9 Å². The minimum absolute atomic E-state index is 0.0897. The van der Waals surface area contributed by atoms with Crippen LogP contribution in [0, 0.1) is 0 Å². The Bertz CT molecular complexity index is 411. The number of aliphatic hydroxyl groups is 1. The minimum atomic E-state index is -1.27. The molecule has 0 spiro atoms. The van der Waals surface area contributed by atoms with Crippen LogP contribution in [-0.4, -0.2) is 16.3 Å². The van der Waals surface area contributed by atoms with E-state index in [1.165, 1.54) is 0 Å². The molecule has 0 amide bonds. The van der Waals surface area contributed by atoms with Crippen molar-refractivity contribution in [2.24, 2.45) is 0 Å². The normalized spacial score (nSPS) is 33.8. The van der Waals surface area contributed by atoms with Gasteiger partial charge in [-0.15, -0.1) is 0 Å². The molecule has 3 nitrogen and oxygen atoms in total. The number of rotatable bonds is 0. The van der Waals surface area contributed by atoms with Crippen molar-refractivity contribution in [3.8, 4) is 5.75 Å². The molecule has 3 rings (SSSR count). The zero-order valence-electron chi connectivity index (χ0n) is 6.77. The molecule has 1 aliphatic carbocycles. The van der Waals surface area contributed by atoms with Crippen LogP contribution in [0.2, 0.25) is 0 Å². The highest BCUT2D eigenvalue weighted by molar-refractivity contribution is 5.65. The predicted molar refractivity (Wildman–Crippen MR) is 45.9 cm³/mol. The lowest BCUT2D eigenvalue weighted by Crippen LogP contribution is -2.15. The van der Waals surface area contributed by atoms with E-state index in [9.17, 15) is 10.2 Å². The topological polar surface area (TPSA) is 53.0 Å². The summed E-state index contributed by atoms with van der Waals surface area (Å²) in [4.78, 5) is 0. The van der Waals surface area contributed by atoms with Gasteiger partial charge in [-0.2, -0.15) is 0 Å². The third-order valence-corrected chi connectivity index (χ3v) is 2.52. The molecule has 2 atom stereocenters. The van der Waals surface area contributed by atoms with E-state index in [-0.39, 0.29) is 11.9 Å². The first-order chi connectivity index (χ1) is 6.22. The molecule has 1 saturated heterocycles. The Hall–Kier alpha value is -1.32. The Morgan fingerprint density at radius 3 is 3.08 bits per heavy atom. The van der Waals surface area contributed by atoms with Crippen molar-refractivity contribution in [3.63, 3.8) is 0 Å². The smallest absolute Gasteiger partial charge is 0.228 e. The minimum Gasteiger partial charge on any atom is -0.507 e. The fourth-order valence-corrected chi connectivity index (χ4v) is 1.81. The molecule has 0 radical (unpaired) electrons. The van der Waals surface area contributed by atoms with Gasteiger partial charge in [-0.1, -0.05) is 18.2 Å². The van der Waals surface area contributed by atoms with Gasteiger partial charge in [0, 0.05) is 0 Å². The van der Waals surface area contributed by atoms with E-state index in [2.05, 4.69) is 0 Å². The molecule has 1 aromatic rings. The molecule has 1 fully saturated rings. The summed E-state index contributed by atoms with van der Waals surface area (Å²) >= 11 is 0. The quantitative estimate of drug-likeness (QED) is 0.579. The van der Waals surface area contributed by atoms with E-state index in [1.807, 2.05) is 12.1 Å². The Morgan fingerprint density at radius 2 is 2.23 bits per heavy atom. The summed E-state index contributed by atoms with van der Waals surface area (Å²) in [6.45, 7) is 0. The van der Waals surface area contributed by atoms with E-state index in [0.29, 0.717) is 5.56 Å². The highest BCUT2D eigenvalue weighted by Gasteiger charge is 2.59. The molecular weight excluding hydrogens is 168 g/mol. The van der Waals surface area contributed by atoms with Crippen molar-refractivity contribution in [1.82, 2.24) is 0 Å². The van der Waals surface area contributed by atoms with Gasteiger partial charge in [0.1, 0.15) is 11.9 Å². The number of epoxide rings is 1. The summed E-state index contributed by atoms with van der Waals surface area (Å²) in [6.07, 6.45) is 3.36. The molecule has 66 valence electrons. The summed E-state index contributed by atoms with van der Waals surface area (Å²) in [5.41, 5.74) is 1.30. The van der Waals surface area contributed by atoms with Crippen LogP contribution in [0.4, 0.5) is 0 Å². The van der Waals surface area contributed by atoms with Crippen molar-refractivity contribution in [2.75, 3.05) is 0 Å². The standard InChI is InChI=1S/C10H8O3/c11-7-3-1-2-6-4-5-8-10(12,13-8)9(6)7/h1-5,8,11-12H. The lowest BCUT2D eigenvalue weighted by atomic mass is 9.94. The van der Waals surface area contributed by atoms with Crippen LogP contribution >= 0.6 is 0 Å². The van der Waals surface area contributed by atoms with Gasteiger partial charge in [0.2, 0.25) is 5.79 Å². The van der Waals surface area contributed by atoms with Gasteiger partial charge >= 0.3 is 0 Å². The first-order valence-corrected chi connectivity index (χ1v) is 4.13. The number of fused-ring (bicyclic) bond motifs is 3. The van der Waals surface area contributed by atoms with E-state index in [0.717, 1.165) is 5.56 Å². The second-order valence-electron chi connectivity index (χ2n) is 3.34. The Morgan fingerprint density at radius 1 is 1.38 bits per heavy atom. The SMILES string of the molecule is Oc1cccc2c1C1(O)OC1C=C2. The Kier molecular flexibility index (Phi) is 1.07. The third kappa shape index (κ3) is 0.753. The number of benzene rings is 1. The van der Waals surface area contributed by atoms with Gasteiger partial charge < -0.3 is 14.9 Å². The summed E-state index contributed by atoms with van der Waals surface area (Å²) in [5.74, 6) is -1.18. The number of aromatic hydroxyl groups is 1. The molecule has 2 unspecified atom stereocenters. The zero-order chi connectivity index (χ0) is 9.05. The zero-order valence-corrected chi connectivity index (χ0v) is 6.77. The largest absolute Gasteiger partial charge is 0.507 e. The second-order valence-corrected chi connectivity index (χ2v) is 3.34. The molecule has 2 N–H and O–H groups in total. The maximum absolute atomic E-state index is 9.85. The molecule has 1 aromatic carbocycles. The van der Waals surface area contributed by atoms with Crippen molar-refractivity contribution >= 4 is 6.08 Å². The van der Waals surface area contributed by atoms with Crippen molar-refractivity contribution in [1.29, 1.82) is 0 Å². The lowest BCUT2D eigenvalue weighted by Gasteiger charge is -2.13. The first kappa shape index (κ1) is 7.12. The van der Waals surface area contributed by atoms with E-state index >= 15 is 0 Å². The van der Waals surface area contributed by atoms with E-state index in [1.54, 1.807) is 18.2 Å². The average molecular weight is 176 g/mol. The number of ether oxygens (including phenoxy) is 1. The van der Waals surface area contributed by atoms with Crippen LogP contribution in [-0.2, 0) is 10.5 Å². The molecule has 0 aromatic heterocycles. The number of phenolic OH excluding ortho intramolecular Hbond substituents is 1. The second kappa shape index (κ2) is 1.95. The van der Waals surface area contributed by atoms with Crippen LogP contribution in [0.15, 0.2) is 24.3 Å². The highest BCUT2D eigenvalue weighted by atomic mass is 16.7. The first-order valence-electron chi connectivity index (χ1n) is 4.13. The maximum Gasteiger partial charge on any atom is 0.228 e. The summed E-state index contributed by atoms with van der Waals surface area (Å²) in [7, 11) is 0. The molecule has 13 heavy (non-hydrogen) atoms. The summed E-state index contributed by atoms with van der Waals surface area (Å²) in [6, 6.07) is 5.13. The number of hydrogen-bond acceptors (Lipinski definition) is 3. The average Bonchev–Trinajstić information content (AvgIpc) is 2.76. The van der Waals surface area contributed by atoms with Gasteiger partial charge in [0.15, 0.2) is 0 Å². The summed E-state index contributed by atoms with van der Waals surface area (Å²) in [5, 5.41) is 19.4. The van der Waals surface area contributed by atoms with Crippen LogP contribution in [0.3, 0.4) is 0 Å². The fraction of sp³-hybridized carbons (Fsp3) is 0.200. The van der Waals surface area contributed by atoms with Crippen molar-refractivity contribution in [2.45, 2.75) is 11.9 Å². The van der Waals surface area contributed by atoms with Gasteiger partial charge in [0.05, 0.1) is 5.56 Å². The molecule has 3 heteroatoms. The number of phenols is 1. The maximum atomic E-state index is 9.85. The highest BCUT2D eigenvalue weighted by Crippen LogP contribution is 2.51. The van der Waals surface area contributed by atoms with Gasteiger partial charge in [-0.3, -0.25) is 0 Å². The molecule has 1 aliphatic heterocycles. The third-order valence-electron chi connectivity index (χ3n) is 2.52. The van der Waals surface area contributed by atoms with Crippen LogP contribution in [0.25, 0.3) is 6.08 Å². The van der Waals surface area contributed by atoms with Gasteiger partial charge in [-0.05, 0) is 17.7 Å². The fourth-order valence-electron chi connectivity index (χ4n) is 1.81. The Labute approximate surface area is 74.9 Å². The van der Waals surface area contributed by atoms with Crippen LogP contribution < -0.4 is 0 Å². The van der Waals surface area contributed by atoms with Gasteiger partial charge in [-0.25, -0.2) is 0 Å². The molecule has 2 aliphatic rings. The lowest BCUT2D eigenvalue weighted by molar-refractivity contribution is 0.0310. The summed E-state index contributed by atoms with van der Waals surface area (Å²) < 4.78 is 5.08. The Balaban J connectivity index is 2.31. The molecule has 1 heterocycles. The van der Waals surface area contributed by atoms with Crippen molar-refractivity contribution in [3.05, 3.63) is 35.4 Å². The molecule has 0 saturated carbocycles.